The molecule has 0 spiro atoms. The van der Waals surface area contributed by atoms with E-state index in [9.17, 15) is 4.79 Å². The molecule has 1 N–H and O–H groups in total. The lowest BCUT2D eigenvalue weighted by molar-refractivity contribution is -0.114. The third kappa shape index (κ3) is 2.65. The molecular weight excluding hydrogens is 262 g/mol. The van der Waals surface area contributed by atoms with Crippen LogP contribution in [0.2, 0.25) is 0 Å². The van der Waals surface area contributed by atoms with Gasteiger partial charge in [0.1, 0.15) is 5.65 Å². The minimum Gasteiger partial charge on any atom is -0.326 e. The average molecular weight is 279 g/mol. The zero-order chi connectivity index (χ0) is 15.0. The Morgan fingerprint density at radius 2 is 2.00 bits per heavy atom. The van der Waals surface area contributed by atoms with E-state index < -0.39 is 0 Å². The number of amides is 1. The largest absolute Gasteiger partial charge is 0.326 e. The van der Waals surface area contributed by atoms with Crippen molar-refractivity contribution in [2.75, 3.05) is 5.32 Å². The summed E-state index contributed by atoms with van der Waals surface area (Å²) in [5.41, 5.74) is 5.86. The second kappa shape index (κ2) is 5.05. The predicted molar refractivity (Wildman–Crippen MR) is 84.4 cm³/mol. The van der Waals surface area contributed by atoms with E-state index in [-0.39, 0.29) is 5.91 Å². The lowest BCUT2D eigenvalue weighted by Crippen LogP contribution is -2.07. The van der Waals surface area contributed by atoms with Crippen LogP contribution in [-0.4, -0.2) is 15.3 Å². The van der Waals surface area contributed by atoms with Crippen LogP contribution >= 0.6 is 0 Å². The van der Waals surface area contributed by atoms with Crippen molar-refractivity contribution < 1.29 is 4.79 Å². The number of carbonyl (C=O) groups excluding carboxylic acids is 1. The van der Waals surface area contributed by atoms with E-state index in [1.165, 1.54) is 12.5 Å². The Balaban J connectivity index is 2.07. The number of aryl methyl sites for hydroxylation is 2. The number of carbonyl (C=O) groups is 1. The molecule has 0 atom stereocenters. The number of pyridine rings is 1. The van der Waals surface area contributed by atoms with Crippen LogP contribution in [0, 0.1) is 13.8 Å². The molecule has 0 unspecified atom stereocenters. The highest BCUT2D eigenvalue weighted by Gasteiger charge is 2.08. The molecule has 3 rings (SSSR count). The minimum atomic E-state index is -0.0686. The van der Waals surface area contributed by atoms with Crippen molar-refractivity contribution in [3.05, 3.63) is 53.9 Å². The Hall–Kier alpha value is -2.62. The zero-order valence-electron chi connectivity index (χ0n) is 12.3. The molecule has 0 aliphatic rings. The summed E-state index contributed by atoms with van der Waals surface area (Å²) in [6.07, 6.45) is 4.00. The maximum Gasteiger partial charge on any atom is 0.221 e. The maximum atomic E-state index is 11.3. The number of fused-ring (bicyclic) bond motifs is 1. The fraction of sp³-hybridized carbons (Fsp3) is 0.176. The quantitative estimate of drug-likeness (QED) is 0.779. The molecule has 3 aromatic rings. The third-order valence-corrected chi connectivity index (χ3v) is 3.46. The van der Waals surface area contributed by atoms with E-state index in [0.29, 0.717) is 0 Å². The van der Waals surface area contributed by atoms with Crippen molar-refractivity contribution in [2.45, 2.75) is 20.8 Å². The lowest BCUT2D eigenvalue weighted by Gasteiger charge is -2.07. The van der Waals surface area contributed by atoms with Crippen molar-refractivity contribution >= 4 is 17.2 Å². The van der Waals surface area contributed by atoms with Crippen LogP contribution in [0.1, 0.15) is 18.1 Å². The molecule has 106 valence electrons. The Morgan fingerprint density at radius 1 is 1.19 bits per heavy atom. The number of imidazole rings is 1. The molecule has 0 fully saturated rings. The van der Waals surface area contributed by atoms with E-state index in [4.69, 9.17) is 0 Å². The Bertz CT molecular complexity index is 833. The van der Waals surface area contributed by atoms with Crippen molar-refractivity contribution in [2.24, 2.45) is 0 Å². The van der Waals surface area contributed by atoms with E-state index in [1.807, 2.05) is 48.0 Å². The molecule has 21 heavy (non-hydrogen) atoms. The van der Waals surface area contributed by atoms with Gasteiger partial charge in [0.05, 0.1) is 5.69 Å². The summed E-state index contributed by atoms with van der Waals surface area (Å²) in [5.74, 6) is -0.0686. The molecule has 1 aromatic carbocycles. The topological polar surface area (TPSA) is 46.4 Å². The van der Waals surface area contributed by atoms with Gasteiger partial charge in [0, 0.05) is 30.6 Å². The van der Waals surface area contributed by atoms with Crippen LogP contribution < -0.4 is 5.32 Å². The van der Waals surface area contributed by atoms with Crippen molar-refractivity contribution in [3.8, 4) is 11.3 Å². The highest BCUT2D eigenvalue weighted by Crippen LogP contribution is 2.25. The van der Waals surface area contributed by atoms with Crippen LogP contribution in [-0.2, 0) is 4.79 Å². The Morgan fingerprint density at radius 3 is 2.76 bits per heavy atom. The first-order valence-electron chi connectivity index (χ1n) is 6.87. The lowest BCUT2D eigenvalue weighted by atomic mass is 10.1. The van der Waals surface area contributed by atoms with Gasteiger partial charge in [0.2, 0.25) is 5.91 Å². The zero-order valence-corrected chi connectivity index (χ0v) is 12.3. The molecule has 0 aliphatic carbocycles. The van der Waals surface area contributed by atoms with Crippen molar-refractivity contribution in [1.29, 1.82) is 0 Å². The summed E-state index contributed by atoms with van der Waals surface area (Å²) in [4.78, 5) is 15.9. The molecule has 4 heteroatoms. The molecule has 4 nitrogen and oxygen atoms in total. The standard InChI is InChI=1S/C17H17N3O/c1-11-6-7-20-10-16(19-17(20)8-11)14-5-4-12(2)15(9-14)18-13(3)21/h4-10H,1-3H3,(H,18,21). The first-order chi connectivity index (χ1) is 10.0. The summed E-state index contributed by atoms with van der Waals surface area (Å²) in [7, 11) is 0. The van der Waals surface area contributed by atoms with Gasteiger partial charge in [-0.05, 0) is 43.2 Å². The number of anilines is 1. The summed E-state index contributed by atoms with van der Waals surface area (Å²) >= 11 is 0. The van der Waals surface area contributed by atoms with Gasteiger partial charge in [-0.2, -0.15) is 0 Å². The fourth-order valence-electron chi connectivity index (χ4n) is 2.33. The van der Waals surface area contributed by atoms with Crippen molar-refractivity contribution in [3.63, 3.8) is 0 Å². The van der Waals surface area contributed by atoms with Crippen LogP contribution in [0.5, 0.6) is 0 Å². The van der Waals surface area contributed by atoms with Gasteiger partial charge in [-0.1, -0.05) is 12.1 Å². The van der Waals surface area contributed by atoms with Gasteiger partial charge < -0.3 is 9.72 Å². The first-order valence-corrected chi connectivity index (χ1v) is 6.87. The van der Waals surface area contributed by atoms with E-state index in [1.54, 1.807) is 0 Å². The number of benzene rings is 1. The minimum absolute atomic E-state index is 0.0686. The number of hydrogen-bond acceptors (Lipinski definition) is 2. The van der Waals surface area contributed by atoms with Gasteiger partial charge in [-0.3, -0.25) is 4.79 Å². The summed E-state index contributed by atoms with van der Waals surface area (Å²) in [6.45, 7) is 5.54. The SMILES string of the molecule is CC(=O)Nc1cc(-c2cn3ccc(C)cc3n2)ccc1C. The van der Waals surface area contributed by atoms with Crippen LogP contribution in [0.4, 0.5) is 5.69 Å². The first kappa shape index (κ1) is 13.4. The highest BCUT2D eigenvalue weighted by atomic mass is 16.1. The molecular formula is C17H17N3O. The van der Waals surface area contributed by atoms with E-state index in [2.05, 4.69) is 23.3 Å². The average Bonchev–Trinajstić information content (AvgIpc) is 2.83. The fourth-order valence-corrected chi connectivity index (χ4v) is 2.33. The van der Waals surface area contributed by atoms with Crippen LogP contribution in [0.15, 0.2) is 42.7 Å². The summed E-state index contributed by atoms with van der Waals surface area (Å²) in [5, 5.41) is 2.85. The summed E-state index contributed by atoms with van der Waals surface area (Å²) < 4.78 is 2.00. The maximum absolute atomic E-state index is 11.3. The molecule has 0 aliphatic heterocycles. The molecule has 0 bridgehead atoms. The van der Waals surface area contributed by atoms with E-state index in [0.717, 1.165) is 28.2 Å². The number of nitrogens with zero attached hydrogens (tertiary/aromatic N) is 2. The van der Waals surface area contributed by atoms with Crippen molar-refractivity contribution in [1.82, 2.24) is 9.38 Å². The molecule has 2 heterocycles. The molecule has 0 saturated carbocycles. The monoisotopic (exact) mass is 279 g/mol. The third-order valence-electron chi connectivity index (χ3n) is 3.46. The number of nitrogens with one attached hydrogen (secondary N) is 1. The van der Waals surface area contributed by atoms with Gasteiger partial charge in [0.15, 0.2) is 0 Å². The molecule has 0 radical (unpaired) electrons. The van der Waals surface area contributed by atoms with Gasteiger partial charge in [0.25, 0.3) is 0 Å². The van der Waals surface area contributed by atoms with Gasteiger partial charge >= 0.3 is 0 Å². The van der Waals surface area contributed by atoms with Crippen LogP contribution in [0.25, 0.3) is 16.9 Å². The number of hydrogen-bond donors (Lipinski definition) is 1. The van der Waals surface area contributed by atoms with Gasteiger partial charge in [-0.25, -0.2) is 4.98 Å². The number of aromatic nitrogens is 2. The second-order valence-corrected chi connectivity index (χ2v) is 5.31. The molecule has 2 aromatic heterocycles. The van der Waals surface area contributed by atoms with E-state index >= 15 is 0 Å². The summed E-state index contributed by atoms with van der Waals surface area (Å²) in [6, 6.07) is 10.1. The number of rotatable bonds is 2. The molecule has 0 saturated heterocycles. The smallest absolute Gasteiger partial charge is 0.221 e. The second-order valence-electron chi connectivity index (χ2n) is 5.31. The molecule has 1 amide bonds. The Labute approximate surface area is 123 Å². The highest BCUT2D eigenvalue weighted by molar-refractivity contribution is 5.90. The van der Waals surface area contributed by atoms with Crippen LogP contribution in [0.3, 0.4) is 0 Å². The predicted octanol–water partition coefficient (Wildman–Crippen LogP) is 3.58. The Kier molecular flexibility index (Phi) is 3.22. The van der Waals surface area contributed by atoms with Gasteiger partial charge in [-0.15, -0.1) is 0 Å². The normalized spacial score (nSPS) is 10.8.